The molecule has 0 amide bonds. The lowest BCUT2D eigenvalue weighted by atomic mass is 10.2. The van der Waals surface area contributed by atoms with Gasteiger partial charge in [0.15, 0.2) is 5.84 Å². The molecule has 5 heteroatoms. The molecule has 0 saturated carbocycles. The van der Waals surface area contributed by atoms with Crippen LogP contribution in [0.2, 0.25) is 0 Å². The van der Waals surface area contributed by atoms with E-state index in [2.05, 4.69) is 23.1 Å². The van der Waals surface area contributed by atoms with Gasteiger partial charge in [0.25, 0.3) is 0 Å². The number of benzene rings is 1. The number of allylic oxidation sites excluding steroid dienone is 3. The normalized spacial score (nSPS) is 10.5. The zero-order valence-corrected chi connectivity index (χ0v) is 14.0. The number of methoxy groups -OCH3 is 1. The van der Waals surface area contributed by atoms with Crippen LogP contribution < -0.4 is 9.47 Å². The van der Waals surface area contributed by atoms with E-state index >= 15 is 0 Å². The number of rotatable bonds is 6. The fourth-order valence-corrected chi connectivity index (χ4v) is 1.87. The van der Waals surface area contributed by atoms with Crippen LogP contribution in [0.15, 0.2) is 90.5 Å². The molecule has 1 N–H and O–H groups in total. The molecule has 0 fully saturated rings. The van der Waals surface area contributed by atoms with E-state index in [4.69, 9.17) is 14.9 Å². The summed E-state index contributed by atoms with van der Waals surface area (Å²) >= 11 is 0. The first-order valence-corrected chi connectivity index (χ1v) is 7.54. The van der Waals surface area contributed by atoms with Crippen molar-refractivity contribution in [1.29, 1.82) is 5.41 Å². The molecule has 25 heavy (non-hydrogen) atoms. The highest BCUT2D eigenvalue weighted by Gasteiger charge is 2.07. The standard InChI is InChI=1S/C20H19N3O2/c1-4-15(5-2)14-19(25-16-10-7-6-8-11-16)23-20(21)17-12-9-13-18(22-17)24-3/h4-14,21H,1-2H2,3H3. The van der Waals surface area contributed by atoms with E-state index in [0.29, 0.717) is 17.3 Å². The molecule has 0 unspecified atom stereocenters. The minimum absolute atomic E-state index is 0.0476. The summed E-state index contributed by atoms with van der Waals surface area (Å²) in [6.07, 6.45) is 4.91. The maximum atomic E-state index is 8.19. The van der Waals surface area contributed by atoms with Gasteiger partial charge in [0, 0.05) is 12.1 Å². The van der Waals surface area contributed by atoms with E-state index in [0.717, 1.165) is 5.57 Å². The van der Waals surface area contributed by atoms with Crippen molar-refractivity contribution in [2.45, 2.75) is 0 Å². The number of nitrogens with zero attached hydrogens (tertiary/aromatic N) is 2. The monoisotopic (exact) mass is 333 g/mol. The summed E-state index contributed by atoms with van der Waals surface area (Å²) < 4.78 is 10.9. The van der Waals surface area contributed by atoms with E-state index in [1.807, 2.05) is 18.2 Å². The number of hydrogen-bond donors (Lipinski definition) is 1. The van der Waals surface area contributed by atoms with Crippen molar-refractivity contribution in [2.24, 2.45) is 4.99 Å². The van der Waals surface area contributed by atoms with Gasteiger partial charge in [-0.2, -0.15) is 4.99 Å². The summed E-state index contributed by atoms with van der Waals surface area (Å²) in [5.74, 6) is 1.21. The fraction of sp³-hybridized carbons (Fsp3) is 0.0500. The molecular formula is C20H19N3O2. The highest BCUT2D eigenvalue weighted by atomic mass is 16.5. The van der Waals surface area contributed by atoms with Crippen molar-refractivity contribution >= 4 is 11.7 Å². The predicted octanol–water partition coefficient (Wildman–Crippen LogP) is 4.19. The van der Waals surface area contributed by atoms with Crippen LogP contribution >= 0.6 is 0 Å². The topological polar surface area (TPSA) is 67.6 Å². The molecule has 0 atom stereocenters. The summed E-state index contributed by atoms with van der Waals surface area (Å²) in [6, 6.07) is 14.3. The summed E-state index contributed by atoms with van der Waals surface area (Å²) in [4.78, 5) is 8.44. The third-order valence-corrected chi connectivity index (χ3v) is 3.12. The summed E-state index contributed by atoms with van der Waals surface area (Å²) in [6.45, 7) is 7.44. The maximum Gasteiger partial charge on any atom is 0.221 e. The van der Waals surface area contributed by atoms with Crippen LogP contribution in [0.4, 0.5) is 0 Å². The highest BCUT2D eigenvalue weighted by Crippen LogP contribution is 2.12. The Labute approximate surface area is 147 Å². The second-order valence-corrected chi connectivity index (χ2v) is 4.83. The van der Waals surface area contributed by atoms with E-state index in [9.17, 15) is 0 Å². The maximum absolute atomic E-state index is 8.19. The minimum atomic E-state index is -0.0476. The van der Waals surface area contributed by atoms with Gasteiger partial charge in [0.05, 0.1) is 7.11 Å². The van der Waals surface area contributed by atoms with Crippen molar-refractivity contribution in [3.8, 4) is 11.6 Å². The fourth-order valence-electron chi connectivity index (χ4n) is 1.87. The molecule has 0 aliphatic heterocycles. The molecule has 126 valence electrons. The van der Waals surface area contributed by atoms with Crippen LogP contribution in [0.3, 0.4) is 0 Å². The first-order valence-electron chi connectivity index (χ1n) is 7.54. The second kappa shape index (κ2) is 8.98. The van der Waals surface area contributed by atoms with Gasteiger partial charge >= 0.3 is 0 Å². The zero-order valence-electron chi connectivity index (χ0n) is 14.0. The average molecular weight is 333 g/mol. The van der Waals surface area contributed by atoms with Crippen molar-refractivity contribution in [2.75, 3.05) is 7.11 Å². The molecule has 2 rings (SSSR count). The van der Waals surface area contributed by atoms with Gasteiger partial charge in [-0.05, 0) is 23.8 Å². The lowest BCUT2D eigenvalue weighted by Gasteiger charge is -2.07. The van der Waals surface area contributed by atoms with Gasteiger partial charge in [-0.15, -0.1) is 0 Å². The molecule has 5 nitrogen and oxygen atoms in total. The third kappa shape index (κ3) is 5.28. The van der Waals surface area contributed by atoms with Crippen LogP contribution in [0.5, 0.6) is 11.6 Å². The summed E-state index contributed by atoms with van der Waals surface area (Å²) in [7, 11) is 1.52. The predicted molar refractivity (Wildman–Crippen MR) is 101 cm³/mol. The van der Waals surface area contributed by atoms with Crippen LogP contribution in [0.1, 0.15) is 5.69 Å². The lowest BCUT2D eigenvalue weighted by Crippen LogP contribution is -2.11. The Bertz CT molecular complexity index is 814. The van der Waals surface area contributed by atoms with E-state index in [-0.39, 0.29) is 11.7 Å². The molecule has 2 aromatic rings. The molecule has 0 aliphatic rings. The molecule has 0 aliphatic carbocycles. The Morgan fingerprint density at radius 1 is 1.08 bits per heavy atom. The van der Waals surface area contributed by atoms with Crippen LogP contribution in [-0.4, -0.2) is 23.8 Å². The van der Waals surface area contributed by atoms with Crippen molar-refractivity contribution in [3.05, 3.63) is 91.2 Å². The third-order valence-electron chi connectivity index (χ3n) is 3.12. The number of hydrogen-bond acceptors (Lipinski definition) is 4. The van der Waals surface area contributed by atoms with Gasteiger partial charge in [-0.25, -0.2) is 4.98 Å². The Kier molecular flexibility index (Phi) is 6.42. The number of ether oxygens (including phenoxy) is 2. The highest BCUT2D eigenvalue weighted by molar-refractivity contribution is 6.06. The quantitative estimate of drug-likeness (QED) is 0.489. The SMILES string of the molecule is C=CC(C=C)=CC(=NC(=N)c1cccc(OC)n1)Oc1ccccc1. The molecule has 0 bridgehead atoms. The molecule has 1 heterocycles. The summed E-state index contributed by atoms with van der Waals surface area (Å²) in [5, 5.41) is 8.19. The molecule has 0 spiro atoms. The smallest absolute Gasteiger partial charge is 0.221 e. The van der Waals surface area contributed by atoms with Crippen LogP contribution in [-0.2, 0) is 0 Å². The van der Waals surface area contributed by atoms with Gasteiger partial charge in [0.2, 0.25) is 11.8 Å². The van der Waals surface area contributed by atoms with E-state index in [1.165, 1.54) is 7.11 Å². The molecule has 1 aromatic carbocycles. The van der Waals surface area contributed by atoms with Crippen molar-refractivity contribution in [1.82, 2.24) is 4.98 Å². The largest absolute Gasteiger partial charge is 0.481 e. The second-order valence-electron chi connectivity index (χ2n) is 4.83. The van der Waals surface area contributed by atoms with Crippen LogP contribution in [0, 0.1) is 5.41 Å². The number of pyridine rings is 1. The van der Waals surface area contributed by atoms with Gasteiger partial charge in [0.1, 0.15) is 11.4 Å². The zero-order chi connectivity index (χ0) is 18.1. The molecule has 0 saturated heterocycles. The van der Waals surface area contributed by atoms with Crippen molar-refractivity contribution < 1.29 is 9.47 Å². The van der Waals surface area contributed by atoms with Gasteiger partial charge in [-0.1, -0.05) is 49.6 Å². The Morgan fingerprint density at radius 3 is 2.44 bits per heavy atom. The average Bonchev–Trinajstić information content (AvgIpc) is 2.66. The van der Waals surface area contributed by atoms with E-state index < -0.39 is 0 Å². The minimum Gasteiger partial charge on any atom is -0.481 e. The van der Waals surface area contributed by atoms with E-state index in [1.54, 1.807) is 48.6 Å². The van der Waals surface area contributed by atoms with Crippen molar-refractivity contribution in [3.63, 3.8) is 0 Å². The number of aliphatic imine (C=N–C) groups is 1. The van der Waals surface area contributed by atoms with Gasteiger partial charge in [-0.3, -0.25) is 5.41 Å². The lowest BCUT2D eigenvalue weighted by molar-refractivity contribution is 0.397. The molecular weight excluding hydrogens is 314 g/mol. The number of nitrogens with one attached hydrogen (secondary N) is 1. The Morgan fingerprint density at radius 2 is 1.80 bits per heavy atom. The molecule has 1 aromatic heterocycles. The first kappa shape index (κ1) is 17.9. The number of aromatic nitrogens is 1. The van der Waals surface area contributed by atoms with Crippen LogP contribution in [0.25, 0.3) is 0 Å². The number of para-hydroxylation sites is 1. The van der Waals surface area contributed by atoms with Gasteiger partial charge < -0.3 is 9.47 Å². The Hall–Kier alpha value is -3.47. The number of amidine groups is 1. The summed E-state index contributed by atoms with van der Waals surface area (Å²) in [5.41, 5.74) is 1.10. The Balaban J connectivity index is 2.37. The molecule has 0 radical (unpaired) electrons. The first-order chi connectivity index (χ1) is 12.2.